The summed E-state index contributed by atoms with van der Waals surface area (Å²) in [6, 6.07) is 24.4. The molecule has 2 aromatic carbocycles. The van der Waals surface area contributed by atoms with Crippen molar-refractivity contribution in [2.45, 2.75) is 0 Å². The predicted octanol–water partition coefficient (Wildman–Crippen LogP) is 5.99. The van der Waals surface area contributed by atoms with Crippen LogP contribution < -0.4 is 0 Å². The smallest absolute Gasteiger partial charge is 0.136 e. The maximum atomic E-state index is 5.91. The summed E-state index contributed by atoms with van der Waals surface area (Å²) in [5.41, 5.74) is 7.93. The van der Waals surface area contributed by atoms with Crippen molar-refractivity contribution in [1.29, 1.82) is 0 Å². The lowest BCUT2D eigenvalue weighted by Crippen LogP contribution is -1.93. The molecule has 4 aromatic rings. The number of furan rings is 2. The molecule has 0 aliphatic carbocycles. The molecule has 0 amide bonds. The molecule has 0 atom stereocenters. The highest BCUT2D eigenvalue weighted by atomic mass is 16.3. The lowest BCUT2D eigenvalue weighted by molar-refractivity contribution is 0.674. The van der Waals surface area contributed by atoms with Crippen LogP contribution in [0.25, 0.3) is 22.3 Å². The lowest BCUT2D eigenvalue weighted by atomic mass is 9.89. The average molecular weight is 296 g/mol. The zero-order valence-electron chi connectivity index (χ0n) is 12.8. The Morgan fingerprint density at radius 1 is 0.565 bits per heavy atom. The molecule has 2 bridgehead atoms. The summed E-state index contributed by atoms with van der Waals surface area (Å²) in [6.45, 7) is 8.61. The monoisotopic (exact) mass is 296 g/mol. The van der Waals surface area contributed by atoms with E-state index < -0.39 is 0 Å². The van der Waals surface area contributed by atoms with Crippen molar-refractivity contribution in [2.24, 2.45) is 0 Å². The fourth-order valence-electron chi connectivity index (χ4n) is 3.02. The second kappa shape index (κ2) is 5.29. The van der Waals surface area contributed by atoms with Gasteiger partial charge in [-0.15, -0.1) is 0 Å². The Balaban J connectivity index is 1.87. The van der Waals surface area contributed by atoms with Gasteiger partial charge in [0.1, 0.15) is 11.2 Å². The minimum atomic E-state index is 0.862. The zero-order chi connectivity index (χ0) is 15.8. The Morgan fingerprint density at radius 2 is 0.957 bits per heavy atom. The Labute approximate surface area is 135 Å². The van der Waals surface area contributed by atoms with Crippen LogP contribution in [0, 0.1) is 0 Å². The highest BCUT2D eigenvalue weighted by Crippen LogP contribution is 2.41. The van der Waals surface area contributed by atoms with Gasteiger partial charge < -0.3 is 4.42 Å². The van der Waals surface area contributed by atoms with Crippen LogP contribution in [0.3, 0.4) is 0 Å². The van der Waals surface area contributed by atoms with E-state index >= 15 is 0 Å². The minimum Gasteiger partial charge on any atom is -0.456 e. The normalized spacial score (nSPS) is 11.0. The van der Waals surface area contributed by atoms with E-state index in [9.17, 15) is 0 Å². The van der Waals surface area contributed by atoms with Gasteiger partial charge >= 0.3 is 0 Å². The van der Waals surface area contributed by atoms with Gasteiger partial charge in [0.05, 0.1) is 0 Å². The molecule has 23 heavy (non-hydrogen) atoms. The highest BCUT2D eigenvalue weighted by Gasteiger charge is 2.22. The van der Waals surface area contributed by atoms with E-state index in [1.54, 1.807) is 0 Å². The summed E-state index contributed by atoms with van der Waals surface area (Å²) >= 11 is 0. The molecule has 0 aliphatic rings. The molecule has 110 valence electrons. The summed E-state index contributed by atoms with van der Waals surface area (Å²) in [5.74, 6) is 0. The first-order chi connectivity index (χ1) is 11.3. The fourth-order valence-corrected chi connectivity index (χ4v) is 3.02. The van der Waals surface area contributed by atoms with Crippen molar-refractivity contribution in [3.63, 3.8) is 0 Å². The highest BCUT2D eigenvalue weighted by molar-refractivity contribution is 6.01. The van der Waals surface area contributed by atoms with E-state index in [2.05, 4.69) is 37.4 Å². The quantitative estimate of drug-likeness (QED) is 0.450. The Kier molecular flexibility index (Phi) is 3.13. The van der Waals surface area contributed by atoms with Crippen LogP contribution in [0.4, 0.5) is 0 Å². The predicted molar refractivity (Wildman–Crippen MR) is 96.6 cm³/mol. The summed E-state index contributed by atoms with van der Waals surface area (Å²) < 4.78 is 5.91. The first kappa shape index (κ1) is 13.6. The molecule has 0 aliphatic heterocycles. The van der Waals surface area contributed by atoms with Crippen LogP contribution in [0.2, 0.25) is 0 Å². The summed E-state index contributed by atoms with van der Waals surface area (Å²) in [5, 5.41) is 0. The Hall–Kier alpha value is -3.06. The zero-order valence-corrected chi connectivity index (χ0v) is 12.8. The molecule has 0 saturated carbocycles. The standard InChI is InChI=1S/C22H16O/c1-15(17-9-5-3-6-10-17)21-19-13-14-20(23-19)22(21)16(2)18-11-7-4-8-12-18/h3-14H,1-2H2. The van der Waals surface area contributed by atoms with Crippen molar-refractivity contribution in [2.75, 3.05) is 0 Å². The van der Waals surface area contributed by atoms with Crippen LogP contribution in [0.1, 0.15) is 22.3 Å². The van der Waals surface area contributed by atoms with Crippen molar-refractivity contribution < 1.29 is 4.42 Å². The van der Waals surface area contributed by atoms with E-state index in [1.165, 1.54) is 0 Å². The van der Waals surface area contributed by atoms with E-state index in [4.69, 9.17) is 4.42 Å². The molecule has 0 unspecified atom stereocenters. The van der Waals surface area contributed by atoms with E-state index in [-0.39, 0.29) is 0 Å². The number of fused-ring (bicyclic) bond motifs is 2. The molecule has 0 fully saturated rings. The van der Waals surface area contributed by atoms with Crippen LogP contribution in [0.5, 0.6) is 0 Å². The molecule has 0 N–H and O–H groups in total. The van der Waals surface area contributed by atoms with E-state index in [1.807, 2.05) is 48.5 Å². The Morgan fingerprint density at radius 3 is 1.35 bits per heavy atom. The summed E-state index contributed by atoms with van der Waals surface area (Å²) in [4.78, 5) is 0. The van der Waals surface area contributed by atoms with Gasteiger partial charge in [-0.1, -0.05) is 73.8 Å². The topological polar surface area (TPSA) is 13.1 Å². The van der Waals surface area contributed by atoms with Gasteiger partial charge in [0.2, 0.25) is 0 Å². The minimum absolute atomic E-state index is 0.862. The maximum absolute atomic E-state index is 5.91. The third-order valence-electron chi connectivity index (χ3n) is 4.20. The van der Waals surface area contributed by atoms with E-state index in [0.717, 1.165) is 44.6 Å². The lowest BCUT2D eigenvalue weighted by Gasteiger charge is -2.11. The molecule has 0 radical (unpaired) electrons. The molecule has 0 saturated heterocycles. The maximum Gasteiger partial charge on any atom is 0.136 e. The second-order valence-electron chi connectivity index (χ2n) is 5.60. The Bertz CT molecular complexity index is 894. The van der Waals surface area contributed by atoms with Crippen LogP contribution >= 0.6 is 0 Å². The van der Waals surface area contributed by atoms with E-state index in [0.29, 0.717) is 0 Å². The number of hydrogen-bond donors (Lipinski definition) is 0. The molecular weight excluding hydrogens is 280 g/mol. The first-order valence-electron chi connectivity index (χ1n) is 7.60. The first-order valence-corrected chi connectivity index (χ1v) is 7.60. The van der Waals surface area contributed by atoms with Crippen LogP contribution in [-0.4, -0.2) is 0 Å². The molecule has 4 rings (SSSR count). The molecule has 2 heterocycles. The third-order valence-corrected chi connectivity index (χ3v) is 4.20. The largest absolute Gasteiger partial charge is 0.456 e. The van der Waals surface area contributed by atoms with Gasteiger partial charge in [0, 0.05) is 11.1 Å². The number of hydrogen-bond acceptors (Lipinski definition) is 1. The fraction of sp³-hybridized carbons (Fsp3) is 0. The van der Waals surface area contributed by atoms with Gasteiger partial charge in [0.25, 0.3) is 0 Å². The molecular formula is C22H16O. The second-order valence-corrected chi connectivity index (χ2v) is 5.60. The average Bonchev–Trinajstić information content (AvgIpc) is 3.23. The van der Waals surface area contributed by atoms with Gasteiger partial charge in [-0.05, 0) is 34.4 Å². The molecule has 1 heteroatoms. The van der Waals surface area contributed by atoms with Gasteiger partial charge in [-0.2, -0.15) is 0 Å². The van der Waals surface area contributed by atoms with Crippen molar-refractivity contribution in [3.05, 3.63) is 108 Å². The van der Waals surface area contributed by atoms with Gasteiger partial charge in [-0.3, -0.25) is 0 Å². The molecule has 0 spiro atoms. The van der Waals surface area contributed by atoms with Crippen molar-refractivity contribution in [1.82, 2.24) is 0 Å². The summed E-state index contributed by atoms with van der Waals surface area (Å²) in [7, 11) is 0. The van der Waals surface area contributed by atoms with Crippen LogP contribution in [-0.2, 0) is 0 Å². The number of rotatable bonds is 4. The van der Waals surface area contributed by atoms with Gasteiger partial charge in [-0.25, -0.2) is 0 Å². The third kappa shape index (κ3) is 2.18. The summed E-state index contributed by atoms with van der Waals surface area (Å²) in [6.07, 6.45) is 0. The van der Waals surface area contributed by atoms with Crippen molar-refractivity contribution in [3.8, 4) is 0 Å². The number of benzene rings is 3. The molecule has 1 nitrogen and oxygen atoms in total. The van der Waals surface area contributed by atoms with Crippen molar-refractivity contribution >= 4 is 22.3 Å². The van der Waals surface area contributed by atoms with Crippen LogP contribution in [0.15, 0.2) is 90.4 Å². The molecule has 2 aromatic heterocycles. The SMILES string of the molecule is C=C(c1ccccc1)c1c(C(=C)c2ccccc2)c2ccc1o2. The van der Waals surface area contributed by atoms with Gasteiger partial charge in [0.15, 0.2) is 0 Å².